The quantitative estimate of drug-likeness (QED) is 0.292. The van der Waals surface area contributed by atoms with Gasteiger partial charge in [-0.05, 0) is 31.4 Å². The maximum atomic E-state index is 12.5. The summed E-state index contributed by atoms with van der Waals surface area (Å²) < 4.78 is 10.2. The topological polar surface area (TPSA) is 61.4 Å². The van der Waals surface area contributed by atoms with Gasteiger partial charge in [0.05, 0.1) is 11.0 Å². The molecule has 6 heteroatoms. The minimum absolute atomic E-state index is 0.194. The summed E-state index contributed by atoms with van der Waals surface area (Å²) >= 11 is 0. The lowest BCUT2D eigenvalue weighted by atomic mass is 10.2. The van der Waals surface area contributed by atoms with Crippen LogP contribution in [0.5, 0.6) is 5.75 Å². The molecule has 3 heterocycles. The zero-order valence-corrected chi connectivity index (χ0v) is 18.9. The molecule has 0 saturated heterocycles. The van der Waals surface area contributed by atoms with E-state index in [-0.39, 0.29) is 5.97 Å². The molecule has 0 spiro atoms. The van der Waals surface area contributed by atoms with Gasteiger partial charge in [0.2, 0.25) is 0 Å². The van der Waals surface area contributed by atoms with Gasteiger partial charge in [0.25, 0.3) is 0 Å². The Labute approximate surface area is 183 Å². The monoisotopic (exact) mass is 420 g/mol. The number of aromatic nitrogens is 4. The van der Waals surface area contributed by atoms with Gasteiger partial charge in [-0.1, -0.05) is 52.2 Å². The highest BCUT2D eigenvalue weighted by Crippen LogP contribution is 2.34. The average Bonchev–Trinajstić information content (AvgIpc) is 3.33. The van der Waals surface area contributed by atoms with Crippen LogP contribution in [0.1, 0.15) is 71.5 Å². The molecule has 31 heavy (non-hydrogen) atoms. The second-order valence-corrected chi connectivity index (χ2v) is 8.21. The third-order valence-corrected chi connectivity index (χ3v) is 5.76. The van der Waals surface area contributed by atoms with Crippen LogP contribution < -0.4 is 4.74 Å². The van der Waals surface area contributed by atoms with Gasteiger partial charge in [-0.15, -0.1) is 0 Å². The van der Waals surface area contributed by atoms with Crippen LogP contribution in [0.2, 0.25) is 0 Å². The Morgan fingerprint density at radius 2 is 1.74 bits per heavy atom. The highest BCUT2D eigenvalue weighted by atomic mass is 16.5. The van der Waals surface area contributed by atoms with Crippen molar-refractivity contribution in [2.45, 2.75) is 78.7 Å². The molecule has 3 aromatic heterocycles. The van der Waals surface area contributed by atoms with Gasteiger partial charge in [-0.3, -0.25) is 9.20 Å². The Kier molecular flexibility index (Phi) is 6.54. The van der Waals surface area contributed by atoms with Crippen molar-refractivity contribution in [3.8, 4) is 5.75 Å². The lowest BCUT2D eigenvalue weighted by molar-refractivity contribution is -0.134. The van der Waals surface area contributed by atoms with Crippen LogP contribution in [-0.4, -0.2) is 24.9 Å². The van der Waals surface area contributed by atoms with E-state index in [4.69, 9.17) is 14.7 Å². The number of esters is 1. The van der Waals surface area contributed by atoms with Crippen molar-refractivity contribution in [2.24, 2.45) is 0 Å². The maximum absolute atomic E-state index is 12.5. The molecule has 0 bridgehead atoms. The summed E-state index contributed by atoms with van der Waals surface area (Å²) in [5.41, 5.74) is 3.66. The second kappa shape index (κ2) is 9.50. The predicted octanol–water partition coefficient (Wildman–Crippen LogP) is 6.08. The Morgan fingerprint density at radius 3 is 2.52 bits per heavy atom. The molecule has 1 aromatic carbocycles. The summed E-state index contributed by atoms with van der Waals surface area (Å²) in [5.74, 6) is 1.39. The number of benzene rings is 1. The molecule has 0 N–H and O–H groups in total. The molecule has 4 aromatic rings. The molecule has 0 unspecified atom stereocenters. The molecule has 0 amide bonds. The van der Waals surface area contributed by atoms with E-state index in [0.717, 1.165) is 85.0 Å². The maximum Gasteiger partial charge on any atom is 0.311 e. The number of rotatable bonds is 10. The van der Waals surface area contributed by atoms with Gasteiger partial charge in [-0.2, -0.15) is 0 Å². The van der Waals surface area contributed by atoms with Crippen LogP contribution in [0.15, 0.2) is 30.5 Å². The summed E-state index contributed by atoms with van der Waals surface area (Å²) in [6.07, 6.45) is 9.34. The van der Waals surface area contributed by atoms with Crippen LogP contribution in [0.4, 0.5) is 0 Å². The van der Waals surface area contributed by atoms with Crippen molar-refractivity contribution < 1.29 is 9.53 Å². The van der Waals surface area contributed by atoms with E-state index in [1.54, 1.807) is 0 Å². The fourth-order valence-corrected chi connectivity index (χ4v) is 4.05. The van der Waals surface area contributed by atoms with Gasteiger partial charge >= 0.3 is 5.97 Å². The van der Waals surface area contributed by atoms with Gasteiger partial charge < -0.3 is 9.30 Å². The third-order valence-electron chi connectivity index (χ3n) is 5.76. The smallest absolute Gasteiger partial charge is 0.311 e. The van der Waals surface area contributed by atoms with Crippen molar-refractivity contribution >= 4 is 33.7 Å². The molecule has 0 aliphatic carbocycles. The summed E-state index contributed by atoms with van der Waals surface area (Å²) in [4.78, 5) is 22.5. The van der Waals surface area contributed by atoms with E-state index < -0.39 is 0 Å². The first kappa shape index (κ1) is 21.3. The number of ether oxygens (including phenoxy) is 1. The minimum Gasteiger partial charge on any atom is -0.424 e. The molecular formula is C25H32N4O2. The number of aryl methyl sites for hydroxylation is 2. The number of hydrogen-bond donors (Lipinski definition) is 0. The molecule has 0 aliphatic heterocycles. The summed E-state index contributed by atoms with van der Waals surface area (Å²) in [7, 11) is 0. The summed E-state index contributed by atoms with van der Waals surface area (Å²) in [5, 5.41) is 0.831. The predicted molar refractivity (Wildman–Crippen MR) is 125 cm³/mol. The molecule has 6 nitrogen and oxygen atoms in total. The van der Waals surface area contributed by atoms with Crippen molar-refractivity contribution in [1.82, 2.24) is 18.9 Å². The fourth-order valence-electron chi connectivity index (χ4n) is 4.05. The first-order chi connectivity index (χ1) is 15.2. The van der Waals surface area contributed by atoms with E-state index >= 15 is 0 Å². The normalized spacial score (nSPS) is 11.7. The highest BCUT2D eigenvalue weighted by molar-refractivity contribution is 6.00. The molecule has 164 valence electrons. The van der Waals surface area contributed by atoms with Crippen molar-refractivity contribution in [1.29, 1.82) is 0 Å². The summed E-state index contributed by atoms with van der Waals surface area (Å²) in [6.45, 7) is 7.29. The van der Waals surface area contributed by atoms with E-state index in [0.29, 0.717) is 12.2 Å². The number of fused-ring (bicyclic) bond motifs is 5. The van der Waals surface area contributed by atoms with E-state index in [1.165, 1.54) is 0 Å². The van der Waals surface area contributed by atoms with Crippen LogP contribution in [0, 0.1) is 0 Å². The molecule has 4 rings (SSSR count). The van der Waals surface area contributed by atoms with E-state index in [2.05, 4.69) is 35.8 Å². The average molecular weight is 421 g/mol. The Morgan fingerprint density at radius 1 is 0.968 bits per heavy atom. The molecule has 0 aliphatic rings. The Balaban J connectivity index is 1.96. The van der Waals surface area contributed by atoms with Crippen LogP contribution >= 0.6 is 0 Å². The van der Waals surface area contributed by atoms with Gasteiger partial charge in [0.15, 0.2) is 11.4 Å². The number of unbranched alkanes of at least 4 members (excludes halogenated alkanes) is 3. The highest BCUT2D eigenvalue weighted by Gasteiger charge is 2.22. The van der Waals surface area contributed by atoms with Crippen molar-refractivity contribution in [3.63, 3.8) is 0 Å². The van der Waals surface area contributed by atoms with Gasteiger partial charge in [0, 0.05) is 25.6 Å². The second-order valence-electron chi connectivity index (χ2n) is 8.21. The Hall–Kier alpha value is -2.89. The van der Waals surface area contributed by atoms with Crippen molar-refractivity contribution in [2.75, 3.05) is 0 Å². The number of carbonyl (C=O) groups is 1. The molecule has 0 fully saturated rings. The first-order valence-corrected chi connectivity index (χ1v) is 11.7. The number of para-hydroxylation sites is 2. The lowest BCUT2D eigenvalue weighted by Crippen LogP contribution is -2.07. The third kappa shape index (κ3) is 4.16. The van der Waals surface area contributed by atoms with E-state index in [9.17, 15) is 4.79 Å². The zero-order chi connectivity index (χ0) is 21.8. The number of imidazole rings is 1. The molecular weight excluding hydrogens is 388 g/mol. The van der Waals surface area contributed by atoms with Gasteiger partial charge in [0.1, 0.15) is 16.9 Å². The van der Waals surface area contributed by atoms with Crippen molar-refractivity contribution in [3.05, 3.63) is 36.3 Å². The van der Waals surface area contributed by atoms with Crippen LogP contribution in [-0.2, 0) is 17.8 Å². The zero-order valence-electron chi connectivity index (χ0n) is 18.9. The molecule has 0 radical (unpaired) electrons. The summed E-state index contributed by atoms with van der Waals surface area (Å²) in [6, 6.07) is 8.14. The molecule has 0 atom stereocenters. The minimum atomic E-state index is -0.194. The van der Waals surface area contributed by atoms with Crippen LogP contribution in [0.25, 0.3) is 27.7 Å². The number of nitrogens with zero attached hydrogens (tertiary/aromatic N) is 4. The van der Waals surface area contributed by atoms with Crippen LogP contribution in [0.3, 0.4) is 0 Å². The molecule has 0 saturated carbocycles. The number of hydrogen-bond acceptors (Lipinski definition) is 4. The lowest BCUT2D eigenvalue weighted by Gasteiger charge is -2.09. The first-order valence-electron chi connectivity index (χ1n) is 11.7. The largest absolute Gasteiger partial charge is 0.424 e. The SMILES string of the molecule is CCCCC(=O)Oc1cn(CCCC)c2nc(CCCC)n3c4ccccc4nc3c12. The Bertz CT molecular complexity index is 1200. The fraction of sp³-hybridized carbons (Fsp3) is 0.480. The van der Waals surface area contributed by atoms with Gasteiger partial charge in [-0.25, -0.2) is 9.97 Å². The number of carbonyl (C=O) groups excluding carboxylic acids is 1. The standard InChI is InChI=1S/C25H32N4O2/c1-4-7-14-21-27-24-23(25-26-18-12-10-11-13-19(18)29(21)25)20(17-28(24)16-9-6-3)31-22(30)15-8-5-2/h10-13,17H,4-9,14-16H2,1-3H3. The van der Waals surface area contributed by atoms with E-state index in [1.807, 2.05) is 24.4 Å².